The zero-order chi connectivity index (χ0) is 15.2. The summed E-state index contributed by atoms with van der Waals surface area (Å²) in [6, 6.07) is 5.08. The van der Waals surface area contributed by atoms with Crippen molar-refractivity contribution in [1.29, 1.82) is 0 Å². The molecule has 1 aromatic carbocycles. The predicted molar refractivity (Wildman–Crippen MR) is 82.0 cm³/mol. The van der Waals surface area contributed by atoms with Crippen LogP contribution >= 0.6 is 0 Å². The van der Waals surface area contributed by atoms with Crippen molar-refractivity contribution < 1.29 is 9.50 Å². The molecule has 1 heterocycles. The van der Waals surface area contributed by atoms with Gasteiger partial charge in [-0.2, -0.15) is 0 Å². The Hall–Kier alpha value is -1.41. The summed E-state index contributed by atoms with van der Waals surface area (Å²) in [6.07, 6.45) is 1.80. The fraction of sp³-hybridized carbons (Fsp3) is 0.529. The largest absolute Gasteiger partial charge is 0.393 e. The van der Waals surface area contributed by atoms with Gasteiger partial charge in [-0.3, -0.25) is 4.90 Å². The standard InChI is InChI=1S/C17H23FN2O/c1-13(21)15-6-9-20(10-7-15)12-14-4-5-17(18)16(11-14)3-2-8-19/h4-5,11,13,15,21H,6-10,12,19H2,1H3. The normalized spacial score (nSPS) is 18.1. The zero-order valence-electron chi connectivity index (χ0n) is 12.5. The second kappa shape index (κ2) is 7.56. The average Bonchev–Trinajstić information content (AvgIpc) is 2.48. The van der Waals surface area contributed by atoms with Crippen LogP contribution in [0.4, 0.5) is 4.39 Å². The minimum Gasteiger partial charge on any atom is -0.393 e. The van der Waals surface area contributed by atoms with Crippen LogP contribution in [0.2, 0.25) is 0 Å². The van der Waals surface area contributed by atoms with E-state index in [1.165, 1.54) is 6.07 Å². The second-order valence-electron chi connectivity index (χ2n) is 5.67. The van der Waals surface area contributed by atoms with Crippen molar-refractivity contribution in [2.45, 2.75) is 32.4 Å². The highest BCUT2D eigenvalue weighted by molar-refractivity contribution is 5.38. The fourth-order valence-corrected chi connectivity index (χ4v) is 2.76. The third-order valence-corrected chi connectivity index (χ3v) is 4.08. The average molecular weight is 290 g/mol. The number of nitrogens with two attached hydrogens (primary N) is 1. The van der Waals surface area contributed by atoms with Gasteiger partial charge in [0.25, 0.3) is 0 Å². The topological polar surface area (TPSA) is 49.5 Å². The van der Waals surface area contributed by atoms with E-state index in [0.29, 0.717) is 11.5 Å². The molecule has 0 saturated carbocycles. The Balaban J connectivity index is 1.98. The number of benzene rings is 1. The first-order valence-corrected chi connectivity index (χ1v) is 7.48. The molecule has 1 aliphatic rings. The van der Waals surface area contributed by atoms with Gasteiger partial charge < -0.3 is 10.8 Å². The number of likely N-dealkylation sites (tertiary alicyclic amines) is 1. The van der Waals surface area contributed by atoms with E-state index >= 15 is 0 Å². The monoisotopic (exact) mass is 290 g/mol. The summed E-state index contributed by atoms with van der Waals surface area (Å²) in [5, 5.41) is 9.62. The molecule has 2 rings (SSSR count). The molecule has 1 atom stereocenters. The van der Waals surface area contributed by atoms with E-state index in [1.54, 1.807) is 6.07 Å². The van der Waals surface area contributed by atoms with Crippen LogP contribution in [0.3, 0.4) is 0 Å². The Labute approximate surface area is 125 Å². The van der Waals surface area contributed by atoms with Crippen LogP contribution in [0.5, 0.6) is 0 Å². The molecule has 0 radical (unpaired) electrons. The van der Waals surface area contributed by atoms with Crippen LogP contribution in [0.15, 0.2) is 18.2 Å². The van der Waals surface area contributed by atoms with Gasteiger partial charge in [0.2, 0.25) is 0 Å². The first kappa shape index (κ1) is 16.0. The van der Waals surface area contributed by atoms with Gasteiger partial charge in [0.05, 0.1) is 18.2 Å². The van der Waals surface area contributed by atoms with Gasteiger partial charge >= 0.3 is 0 Å². The van der Waals surface area contributed by atoms with Gasteiger partial charge in [0, 0.05) is 6.54 Å². The SMILES string of the molecule is CC(O)C1CCN(Cc2ccc(F)c(C#CCN)c2)CC1. The summed E-state index contributed by atoms with van der Waals surface area (Å²) in [5.41, 5.74) is 6.80. The smallest absolute Gasteiger partial charge is 0.138 e. The molecule has 0 aliphatic carbocycles. The van der Waals surface area contributed by atoms with Crippen LogP contribution in [0.25, 0.3) is 0 Å². The van der Waals surface area contributed by atoms with Crippen molar-refractivity contribution >= 4 is 0 Å². The van der Waals surface area contributed by atoms with Crippen LogP contribution in [0.1, 0.15) is 30.9 Å². The van der Waals surface area contributed by atoms with Crippen LogP contribution < -0.4 is 5.73 Å². The highest BCUT2D eigenvalue weighted by atomic mass is 19.1. The zero-order valence-corrected chi connectivity index (χ0v) is 12.5. The maximum absolute atomic E-state index is 13.6. The highest BCUT2D eigenvalue weighted by Gasteiger charge is 2.22. The molecular weight excluding hydrogens is 267 g/mol. The minimum atomic E-state index is -0.299. The molecule has 0 spiro atoms. The number of aliphatic hydroxyl groups excluding tert-OH is 1. The number of nitrogens with zero attached hydrogens (tertiary/aromatic N) is 1. The number of aliphatic hydroxyl groups is 1. The summed E-state index contributed by atoms with van der Waals surface area (Å²) >= 11 is 0. The van der Waals surface area contributed by atoms with Crippen molar-refractivity contribution in [3.63, 3.8) is 0 Å². The number of hydrogen-bond donors (Lipinski definition) is 2. The molecule has 21 heavy (non-hydrogen) atoms. The first-order valence-electron chi connectivity index (χ1n) is 7.48. The lowest BCUT2D eigenvalue weighted by molar-refractivity contribution is 0.0695. The summed E-state index contributed by atoms with van der Waals surface area (Å²) in [4.78, 5) is 2.34. The molecule has 0 aromatic heterocycles. The molecule has 1 unspecified atom stereocenters. The van der Waals surface area contributed by atoms with Crippen molar-refractivity contribution in [1.82, 2.24) is 4.90 Å². The highest BCUT2D eigenvalue weighted by Crippen LogP contribution is 2.22. The van der Waals surface area contributed by atoms with Gasteiger partial charge in [-0.05, 0) is 56.5 Å². The van der Waals surface area contributed by atoms with E-state index in [1.807, 2.05) is 13.0 Å². The van der Waals surface area contributed by atoms with E-state index in [-0.39, 0.29) is 18.5 Å². The van der Waals surface area contributed by atoms with Gasteiger partial charge in [0.15, 0.2) is 0 Å². The molecule has 1 aliphatic heterocycles. The van der Waals surface area contributed by atoms with Gasteiger partial charge in [0.1, 0.15) is 5.82 Å². The molecular formula is C17H23FN2O. The molecule has 1 saturated heterocycles. The molecule has 4 heteroatoms. The maximum atomic E-state index is 13.6. The molecule has 3 N–H and O–H groups in total. The molecule has 3 nitrogen and oxygen atoms in total. The molecule has 0 amide bonds. The van der Waals surface area contributed by atoms with Crippen molar-refractivity contribution in [2.24, 2.45) is 11.7 Å². The molecule has 114 valence electrons. The number of rotatable bonds is 3. The van der Waals surface area contributed by atoms with Gasteiger partial charge in [-0.15, -0.1) is 0 Å². The Bertz CT molecular complexity index is 525. The summed E-state index contributed by atoms with van der Waals surface area (Å²) < 4.78 is 13.6. The molecule has 1 aromatic rings. The van der Waals surface area contributed by atoms with Crippen LogP contribution in [-0.2, 0) is 6.54 Å². The lowest BCUT2D eigenvalue weighted by atomic mass is 9.92. The number of halogens is 1. The maximum Gasteiger partial charge on any atom is 0.138 e. The van der Waals surface area contributed by atoms with E-state index in [2.05, 4.69) is 16.7 Å². The summed E-state index contributed by atoms with van der Waals surface area (Å²) in [6.45, 7) is 4.83. The van der Waals surface area contributed by atoms with Crippen molar-refractivity contribution in [2.75, 3.05) is 19.6 Å². The third-order valence-electron chi connectivity index (χ3n) is 4.08. The molecule has 0 bridgehead atoms. The second-order valence-corrected chi connectivity index (χ2v) is 5.67. The summed E-state index contributed by atoms with van der Waals surface area (Å²) in [5.74, 6) is 5.57. The lowest BCUT2D eigenvalue weighted by Gasteiger charge is -2.33. The number of hydrogen-bond acceptors (Lipinski definition) is 3. The third kappa shape index (κ3) is 4.53. The lowest BCUT2D eigenvalue weighted by Crippen LogP contribution is -2.36. The molecule has 1 fully saturated rings. The number of piperidine rings is 1. The Morgan fingerprint density at radius 1 is 1.43 bits per heavy atom. The Kier molecular flexibility index (Phi) is 5.75. The Morgan fingerprint density at radius 2 is 2.14 bits per heavy atom. The van der Waals surface area contributed by atoms with E-state index < -0.39 is 0 Å². The minimum absolute atomic E-state index is 0.226. The van der Waals surface area contributed by atoms with Gasteiger partial charge in [-0.25, -0.2) is 4.39 Å². The van der Waals surface area contributed by atoms with E-state index in [4.69, 9.17) is 5.73 Å². The first-order chi connectivity index (χ1) is 10.1. The van der Waals surface area contributed by atoms with Crippen LogP contribution in [-0.4, -0.2) is 35.7 Å². The van der Waals surface area contributed by atoms with E-state index in [9.17, 15) is 9.50 Å². The van der Waals surface area contributed by atoms with Crippen LogP contribution in [0, 0.1) is 23.6 Å². The van der Waals surface area contributed by atoms with Crippen molar-refractivity contribution in [3.8, 4) is 11.8 Å². The quantitative estimate of drug-likeness (QED) is 0.834. The van der Waals surface area contributed by atoms with E-state index in [0.717, 1.165) is 38.0 Å². The van der Waals surface area contributed by atoms with Crippen molar-refractivity contribution in [3.05, 3.63) is 35.1 Å². The van der Waals surface area contributed by atoms with Gasteiger partial charge in [-0.1, -0.05) is 17.9 Å². The Morgan fingerprint density at radius 3 is 2.76 bits per heavy atom. The fourth-order valence-electron chi connectivity index (χ4n) is 2.76. The summed E-state index contributed by atoms with van der Waals surface area (Å²) in [7, 11) is 0. The predicted octanol–water partition coefficient (Wildman–Crippen LogP) is 1.73.